The van der Waals surface area contributed by atoms with Crippen molar-refractivity contribution < 1.29 is 22.7 Å². The number of benzene rings is 1. The number of guanidine groups is 1. The molecule has 0 amide bonds. The minimum Gasteiger partial charge on any atom is -0.469 e. The fraction of sp³-hybridized carbons (Fsp3) is 0.273. The summed E-state index contributed by atoms with van der Waals surface area (Å²) in [6, 6.07) is 12.1. The lowest BCUT2D eigenvalue weighted by molar-refractivity contribution is -0.137. The maximum Gasteiger partial charge on any atom is 0.416 e. The molecule has 0 spiro atoms. The Hall–Kier alpha value is -3.33. The smallest absolute Gasteiger partial charge is 0.416 e. The number of nitrogens with zero attached hydrogens (tertiary/aromatic N) is 2. The van der Waals surface area contributed by atoms with Crippen molar-refractivity contribution in [2.24, 2.45) is 4.99 Å². The van der Waals surface area contributed by atoms with E-state index < -0.39 is 17.8 Å². The number of aliphatic hydroxyl groups is 1. The molecule has 164 valence electrons. The Labute approximate surface area is 177 Å². The van der Waals surface area contributed by atoms with Crippen molar-refractivity contribution in [3.05, 3.63) is 89.6 Å². The fourth-order valence-corrected chi connectivity index (χ4v) is 2.85. The standard InChI is InChI=1S/C22H23F3N4O2/c23-22(24,25)18-4-1-3-16(13-18)14-28-21(27-11-8-19-5-2-12-31-19)29-15-20(30)17-6-9-26-10-7-17/h1-7,9-10,12-13,20,30H,8,11,14-15H2,(H2,27,28,29). The van der Waals surface area contributed by atoms with E-state index >= 15 is 0 Å². The van der Waals surface area contributed by atoms with E-state index in [1.807, 2.05) is 6.07 Å². The van der Waals surface area contributed by atoms with Gasteiger partial charge >= 0.3 is 6.18 Å². The molecule has 0 aliphatic carbocycles. The number of aliphatic hydroxyl groups excluding tert-OH is 1. The van der Waals surface area contributed by atoms with E-state index in [1.54, 1.807) is 42.9 Å². The molecule has 0 aliphatic heterocycles. The number of furan rings is 1. The Morgan fingerprint density at radius 2 is 1.90 bits per heavy atom. The first-order chi connectivity index (χ1) is 14.9. The van der Waals surface area contributed by atoms with Crippen molar-refractivity contribution in [1.29, 1.82) is 0 Å². The van der Waals surface area contributed by atoms with Crippen LogP contribution < -0.4 is 10.6 Å². The van der Waals surface area contributed by atoms with Crippen LogP contribution >= 0.6 is 0 Å². The summed E-state index contributed by atoms with van der Waals surface area (Å²) in [6.07, 6.45) is 0.155. The summed E-state index contributed by atoms with van der Waals surface area (Å²) in [4.78, 5) is 8.29. The molecular formula is C22H23F3N4O2. The van der Waals surface area contributed by atoms with Crippen LogP contribution in [0.5, 0.6) is 0 Å². The van der Waals surface area contributed by atoms with Crippen molar-refractivity contribution in [3.63, 3.8) is 0 Å². The lowest BCUT2D eigenvalue weighted by Gasteiger charge is -2.16. The Morgan fingerprint density at radius 1 is 1.10 bits per heavy atom. The van der Waals surface area contributed by atoms with Crippen LogP contribution in [0.2, 0.25) is 0 Å². The van der Waals surface area contributed by atoms with E-state index in [-0.39, 0.29) is 13.1 Å². The molecular weight excluding hydrogens is 409 g/mol. The van der Waals surface area contributed by atoms with Crippen LogP contribution in [0.15, 0.2) is 76.6 Å². The van der Waals surface area contributed by atoms with Crippen molar-refractivity contribution in [3.8, 4) is 0 Å². The average molecular weight is 432 g/mol. The molecule has 1 atom stereocenters. The van der Waals surface area contributed by atoms with E-state index in [0.717, 1.165) is 17.9 Å². The molecule has 2 heterocycles. The molecule has 31 heavy (non-hydrogen) atoms. The number of hydrogen-bond donors (Lipinski definition) is 3. The van der Waals surface area contributed by atoms with Crippen LogP contribution in [0.1, 0.15) is 28.6 Å². The molecule has 2 aromatic heterocycles. The normalized spacial score (nSPS) is 13.1. The van der Waals surface area contributed by atoms with Crippen molar-refractivity contribution in [1.82, 2.24) is 15.6 Å². The molecule has 0 radical (unpaired) electrons. The molecule has 3 N–H and O–H groups in total. The largest absolute Gasteiger partial charge is 0.469 e. The molecule has 0 saturated carbocycles. The molecule has 0 saturated heterocycles. The predicted octanol–water partition coefficient (Wildman–Crippen LogP) is 3.70. The number of halogens is 3. The summed E-state index contributed by atoms with van der Waals surface area (Å²) in [5.74, 6) is 1.17. The molecule has 3 aromatic rings. The summed E-state index contributed by atoms with van der Waals surface area (Å²) in [5, 5.41) is 16.5. The SMILES string of the molecule is OC(CNC(=NCc1cccc(C(F)(F)F)c1)NCCc1ccco1)c1ccncc1. The van der Waals surface area contributed by atoms with Crippen LogP contribution in [0.3, 0.4) is 0 Å². The van der Waals surface area contributed by atoms with Crippen molar-refractivity contribution in [2.45, 2.75) is 25.2 Å². The summed E-state index contributed by atoms with van der Waals surface area (Å²) < 4.78 is 44.1. The highest BCUT2D eigenvalue weighted by atomic mass is 19.4. The van der Waals surface area contributed by atoms with E-state index in [0.29, 0.717) is 30.1 Å². The molecule has 0 aliphatic rings. The van der Waals surface area contributed by atoms with Gasteiger partial charge in [0.15, 0.2) is 5.96 Å². The first-order valence-corrected chi connectivity index (χ1v) is 9.70. The molecule has 0 bridgehead atoms. The van der Waals surface area contributed by atoms with Crippen molar-refractivity contribution in [2.75, 3.05) is 13.1 Å². The van der Waals surface area contributed by atoms with Crippen LogP contribution in [-0.4, -0.2) is 29.1 Å². The quantitative estimate of drug-likeness (QED) is 0.374. The zero-order valence-corrected chi connectivity index (χ0v) is 16.6. The van der Waals surface area contributed by atoms with Gasteiger partial charge in [-0.15, -0.1) is 0 Å². The topological polar surface area (TPSA) is 82.7 Å². The van der Waals surface area contributed by atoms with Crippen LogP contribution in [-0.2, 0) is 19.1 Å². The van der Waals surface area contributed by atoms with Gasteiger partial charge in [0.2, 0.25) is 0 Å². The van der Waals surface area contributed by atoms with E-state index in [1.165, 1.54) is 6.07 Å². The number of aliphatic imine (C=N–C) groups is 1. The third-order valence-electron chi connectivity index (χ3n) is 4.47. The minimum absolute atomic E-state index is 0.0470. The second kappa shape index (κ2) is 10.6. The zero-order valence-electron chi connectivity index (χ0n) is 16.6. The monoisotopic (exact) mass is 432 g/mol. The highest BCUT2D eigenvalue weighted by Crippen LogP contribution is 2.29. The number of alkyl halides is 3. The van der Waals surface area contributed by atoms with Gasteiger partial charge in [0.25, 0.3) is 0 Å². The van der Waals surface area contributed by atoms with Gasteiger partial charge in [0.05, 0.1) is 24.5 Å². The Balaban J connectivity index is 1.65. The molecule has 1 unspecified atom stereocenters. The Morgan fingerprint density at radius 3 is 2.61 bits per heavy atom. The first kappa shape index (κ1) is 22.4. The molecule has 9 heteroatoms. The second-order valence-corrected chi connectivity index (χ2v) is 6.80. The van der Waals surface area contributed by atoms with Crippen LogP contribution in [0.25, 0.3) is 0 Å². The van der Waals surface area contributed by atoms with Crippen LogP contribution in [0, 0.1) is 0 Å². The van der Waals surface area contributed by atoms with E-state index in [2.05, 4.69) is 20.6 Å². The molecule has 1 aromatic carbocycles. The highest BCUT2D eigenvalue weighted by molar-refractivity contribution is 5.79. The lowest BCUT2D eigenvalue weighted by atomic mass is 10.1. The van der Waals surface area contributed by atoms with Gasteiger partial charge in [0, 0.05) is 31.9 Å². The van der Waals surface area contributed by atoms with Gasteiger partial charge in [-0.05, 0) is 47.5 Å². The maximum absolute atomic E-state index is 12.9. The molecule has 6 nitrogen and oxygen atoms in total. The van der Waals surface area contributed by atoms with Gasteiger partial charge in [-0.1, -0.05) is 12.1 Å². The Bertz CT molecular complexity index is 960. The van der Waals surface area contributed by atoms with E-state index in [4.69, 9.17) is 4.42 Å². The minimum atomic E-state index is -4.41. The van der Waals surface area contributed by atoms with Crippen molar-refractivity contribution >= 4 is 5.96 Å². The zero-order chi connectivity index (χ0) is 22.1. The second-order valence-electron chi connectivity index (χ2n) is 6.80. The number of nitrogens with one attached hydrogen (secondary N) is 2. The summed E-state index contributed by atoms with van der Waals surface area (Å²) in [5.41, 5.74) is 0.403. The number of hydrogen-bond acceptors (Lipinski definition) is 4. The maximum atomic E-state index is 12.9. The highest BCUT2D eigenvalue weighted by Gasteiger charge is 2.30. The number of rotatable bonds is 8. The lowest BCUT2D eigenvalue weighted by Crippen LogP contribution is -2.40. The summed E-state index contributed by atoms with van der Waals surface area (Å²) >= 11 is 0. The third-order valence-corrected chi connectivity index (χ3v) is 4.47. The van der Waals surface area contributed by atoms with E-state index in [9.17, 15) is 18.3 Å². The molecule has 3 rings (SSSR count). The van der Waals surface area contributed by atoms with Gasteiger partial charge in [-0.3, -0.25) is 4.98 Å². The number of aromatic nitrogens is 1. The fourth-order valence-electron chi connectivity index (χ4n) is 2.85. The summed E-state index contributed by atoms with van der Waals surface area (Å²) in [6.45, 7) is 0.706. The Kier molecular flexibility index (Phi) is 7.66. The third kappa shape index (κ3) is 7.14. The van der Waals surface area contributed by atoms with Gasteiger partial charge in [0.1, 0.15) is 5.76 Å². The number of pyridine rings is 1. The summed E-state index contributed by atoms with van der Waals surface area (Å²) in [7, 11) is 0. The van der Waals surface area contributed by atoms with Gasteiger partial charge in [-0.25, -0.2) is 4.99 Å². The van der Waals surface area contributed by atoms with Crippen LogP contribution in [0.4, 0.5) is 13.2 Å². The van der Waals surface area contributed by atoms with Gasteiger partial charge < -0.3 is 20.2 Å². The molecule has 0 fully saturated rings. The first-order valence-electron chi connectivity index (χ1n) is 9.70. The van der Waals surface area contributed by atoms with Gasteiger partial charge in [-0.2, -0.15) is 13.2 Å². The predicted molar refractivity (Wildman–Crippen MR) is 110 cm³/mol. The average Bonchev–Trinajstić information content (AvgIpc) is 3.29.